The number of benzene rings is 2. The Bertz CT molecular complexity index is 769. The van der Waals surface area contributed by atoms with Gasteiger partial charge in [-0.2, -0.15) is 0 Å². The van der Waals surface area contributed by atoms with E-state index in [1.54, 1.807) is 13.3 Å². The first-order valence-corrected chi connectivity index (χ1v) is 7.82. The van der Waals surface area contributed by atoms with Crippen LogP contribution in [0.15, 0.2) is 54.7 Å². The smallest absolute Gasteiger partial charge is 0.228 e. The summed E-state index contributed by atoms with van der Waals surface area (Å²) in [5, 5.41) is 6.71. The Balaban J connectivity index is 1.61. The molecule has 1 amide bonds. The number of aromatic nitrogens is 2. The Labute approximate surface area is 138 Å². The third-order valence-electron chi connectivity index (χ3n) is 3.34. The van der Waals surface area contributed by atoms with E-state index in [0.29, 0.717) is 6.42 Å². The summed E-state index contributed by atoms with van der Waals surface area (Å²) >= 11 is 1.34. The molecule has 0 fully saturated rings. The molecule has 0 aliphatic rings. The van der Waals surface area contributed by atoms with Crippen LogP contribution in [-0.4, -0.2) is 22.6 Å². The average Bonchev–Trinajstić information content (AvgIpc) is 3.11. The fourth-order valence-electron chi connectivity index (χ4n) is 2.15. The molecule has 6 heteroatoms. The maximum absolute atomic E-state index is 12.1. The Kier molecular flexibility index (Phi) is 4.63. The maximum atomic E-state index is 12.1. The van der Waals surface area contributed by atoms with Gasteiger partial charge in [-0.1, -0.05) is 28.8 Å². The van der Waals surface area contributed by atoms with Gasteiger partial charge in [0.15, 0.2) is 0 Å². The number of rotatable bonds is 5. The highest BCUT2D eigenvalue weighted by molar-refractivity contribution is 7.09. The molecular weight excluding hydrogens is 310 g/mol. The van der Waals surface area contributed by atoms with Crippen molar-refractivity contribution in [2.75, 3.05) is 12.4 Å². The first kappa shape index (κ1) is 15.2. The molecule has 3 aromatic rings. The third-order valence-corrected chi connectivity index (χ3v) is 4.05. The lowest BCUT2D eigenvalue weighted by molar-refractivity contribution is -0.115. The molecule has 0 aliphatic heterocycles. The summed E-state index contributed by atoms with van der Waals surface area (Å²) < 4.78 is 8.94. The van der Waals surface area contributed by atoms with Crippen LogP contribution in [0.5, 0.6) is 5.75 Å². The minimum Gasteiger partial charge on any atom is -0.497 e. The van der Waals surface area contributed by atoms with E-state index in [9.17, 15) is 4.79 Å². The molecule has 0 aliphatic carbocycles. The molecule has 23 heavy (non-hydrogen) atoms. The first-order chi connectivity index (χ1) is 11.2. The minimum absolute atomic E-state index is 0.0534. The molecule has 0 atom stereocenters. The molecule has 5 nitrogen and oxygen atoms in total. The van der Waals surface area contributed by atoms with E-state index in [1.807, 2.05) is 48.5 Å². The van der Waals surface area contributed by atoms with Gasteiger partial charge in [0.25, 0.3) is 0 Å². The van der Waals surface area contributed by atoms with Crippen LogP contribution in [-0.2, 0) is 11.2 Å². The van der Waals surface area contributed by atoms with E-state index in [2.05, 4.69) is 14.9 Å². The van der Waals surface area contributed by atoms with E-state index in [-0.39, 0.29) is 5.91 Å². The quantitative estimate of drug-likeness (QED) is 0.781. The Morgan fingerprint density at radius 1 is 1.13 bits per heavy atom. The van der Waals surface area contributed by atoms with Gasteiger partial charge in [0.05, 0.1) is 24.6 Å². The number of hydrogen-bond donors (Lipinski definition) is 1. The third kappa shape index (κ3) is 3.92. The van der Waals surface area contributed by atoms with Crippen molar-refractivity contribution in [3.63, 3.8) is 0 Å². The molecule has 1 heterocycles. The zero-order chi connectivity index (χ0) is 16.1. The number of anilines is 1. The molecule has 2 aromatic carbocycles. The van der Waals surface area contributed by atoms with Crippen LogP contribution in [0.1, 0.15) is 5.56 Å². The summed E-state index contributed by atoms with van der Waals surface area (Å²) in [6.07, 6.45) is 2.05. The standard InChI is InChI=1S/C17H15N3O2S/c1-22-15-8-2-12(3-9-15)10-17(21)19-14-6-4-13(5-7-14)16-11-18-20-23-16/h2-9,11H,10H2,1H3,(H,19,21). The van der Waals surface area contributed by atoms with Crippen molar-refractivity contribution in [3.8, 4) is 16.2 Å². The van der Waals surface area contributed by atoms with Crippen LogP contribution >= 0.6 is 11.5 Å². The van der Waals surface area contributed by atoms with Crippen molar-refractivity contribution in [1.29, 1.82) is 0 Å². The van der Waals surface area contributed by atoms with Crippen LogP contribution in [0.4, 0.5) is 5.69 Å². The van der Waals surface area contributed by atoms with Gasteiger partial charge in [-0.3, -0.25) is 4.79 Å². The molecule has 116 valence electrons. The number of carbonyl (C=O) groups excluding carboxylic acids is 1. The van der Waals surface area contributed by atoms with Gasteiger partial charge in [0.1, 0.15) is 5.75 Å². The number of ether oxygens (including phenoxy) is 1. The van der Waals surface area contributed by atoms with Crippen molar-refractivity contribution in [2.45, 2.75) is 6.42 Å². The predicted octanol–water partition coefficient (Wildman–Crippen LogP) is 3.39. The van der Waals surface area contributed by atoms with Crippen LogP contribution in [0.25, 0.3) is 10.4 Å². The summed E-state index contributed by atoms with van der Waals surface area (Å²) in [6.45, 7) is 0. The van der Waals surface area contributed by atoms with Crippen molar-refractivity contribution in [2.24, 2.45) is 0 Å². The number of nitrogens with one attached hydrogen (secondary N) is 1. The van der Waals surface area contributed by atoms with Crippen LogP contribution in [0.3, 0.4) is 0 Å². The molecule has 1 N–H and O–H groups in total. The van der Waals surface area contributed by atoms with Crippen LogP contribution in [0.2, 0.25) is 0 Å². The summed E-state index contributed by atoms with van der Waals surface area (Å²) in [7, 11) is 1.62. The van der Waals surface area contributed by atoms with Gasteiger partial charge in [-0.15, -0.1) is 5.10 Å². The Morgan fingerprint density at radius 2 is 1.87 bits per heavy atom. The van der Waals surface area contributed by atoms with E-state index < -0.39 is 0 Å². The fourth-order valence-corrected chi connectivity index (χ4v) is 2.66. The van der Waals surface area contributed by atoms with E-state index in [4.69, 9.17) is 4.74 Å². The van der Waals surface area contributed by atoms with Gasteiger partial charge in [0, 0.05) is 5.69 Å². The highest BCUT2D eigenvalue weighted by Crippen LogP contribution is 2.23. The minimum atomic E-state index is -0.0534. The molecule has 0 saturated carbocycles. The van der Waals surface area contributed by atoms with Gasteiger partial charge < -0.3 is 10.1 Å². The zero-order valence-electron chi connectivity index (χ0n) is 12.5. The summed E-state index contributed by atoms with van der Waals surface area (Å²) in [6, 6.07) is 15.1. The number of hydrogen-bond acceptors (Lipinski definition) is 5. The lowest BCUT2D eigenvalue weighted by Gasteiger charge is -2.07. The predicted molar refractivity (Wildman–Crippen MR) is 90.7 cm³/mol. The second-order valence-electron chi connectivity index (χ2n) is 4.93. The molecule has 3 rings (SSSR count). The Morgan fingerprint density at radius 3 is 2.48 bits per heavy atom. The second kappa shape index (κ2) is 7.02. The monoisotopic (exact) mass is 325 g/mol. The number of methoxy groups -OCH3 is 1. The largest absolute Gasteiger partial charge is 0.497 e. The number of carbonyl (C=O) groups is 1. The van der Waals surface area contributed by atoms with Crippen molar-refractivity contribution < 1.29 is 9.53 Å². The van der Waals surface area contributed by atoms with Crippen LogP contribution < -0.4 is 10.1 Å². The molecule has 0 bridgehead atoms. The highest BCUT2D eigenvalue weighted by atomic mass is 32.1. The van der Waals surface area contributed by atoms with Crippen molar-refractivity contribution in [3.05, 3.63) is 60.3 Å². The van der Waals surface area contributed by atoms with Gasteiger partial charge in [0.2, 0.25) is 5.91 Å². The number of amides is 1. The first-order valence-electron chi connectivity index (χ1n) is 7.05. The van der Waals surface area contributed by atoms with Gasteiger partial charge in [-0.05, 0) is 46.9 Å². The molecular formula is C17H15N3O2S. The van der Waals surface area contributed by atoms with Gasteiger partial charge >= 0.3 is 0 Å². The van der Waals surface area contributed by atoms with Crippen LogP contribution in [0, 0.1) is 0 Å². The van der Waals surface area contributed by atoms with E-state index in [0.717, 1.165) is 27.4 Å². The fraction of sp³-hybridized carbons (Fsp3) is 0.118. The molecule has 0 radical (unpaired) electrons. The highest BCUT2D eigenvalue weighted by Gasteiger charge is 2.06. The van der Waals surface area contributed by atoms with Crippen molar-refractivity contribution in [1.82, 2.24) is 9.59 Å². The molecule has 0 spiro atoms. The summed E-state index contributed by atoms with van der Waals surface area (Å²) in [5.74, 6) is 0.727. The zero-order valence-corrected chi connectivity index (χ0v) is 13.3. The number of nitrogens with zero attached hydrogens (tertiary/aromatic N) is 2. The van der Waals surface area contributed by atoms with Gasteiger partial charge in [-0.25, -0.2) is 0 Å². The average molecular weight is 325 g/mol. The topological polar surface area (TPSA) is 64.1 Å². The second-order valence-corrected chi connectivity index (χ2v) is 5.72. The SMILES string of the molecule is COc1ccc(CC(=O)Nc2ccc(-c3cnns3)cc2)cc1. The van der Waals surface area contributed by atoms with Crippen molar-refractivity contribution >= 4 is 23.1 Å². The molecule has 0 unspecified atom stereocenters. The van der Waals surface area contributed by atoms with E-state index in [1.165, 1.54) is 11.5 Å². The molecule has 1 aromatic heterocycles. The molecule has 0 saturated heterocycles. The lowest BCUT2D eigenvalue weighted by atomic mass is 10.1. The normalized spacial score (nSPS) is 10.3. The maximum Gasteiger partial charge on any atom is 0.228 e. The summed E-state index contributed by atoms with van der Waals surface area (Å²) in [4.78, 5) is 13.1. The van der Waals surface area contributed by atoms with E-state index >= 15 is 0 Å². The lowest BCUT2D eigenvalue weighted by Crippen LogP contribution is -2.14. The Hall–Kier alpha value is -2.73. The summed E-state index contributed by atoms with van der Waals surface area (Å²) in [5.41, 5.74) is 2.74.